The third-order valence-corrected chi connectivity index (χ3v) is 3.11. The number of unbranched alkanes of at least 4 members (excludes halogenated alkanes) is 2. The minimum Gasteiger partial charge on any atom is -0.472 e. The zero-order chi connectivity index (χ0) is 12.1. The molecule has 0 saturated heterocycles. The zero-order valence-corrected chi connectivity index (χ0v) is 10.4. The van der Waals surface area contributed by atoms with Crippen molar-refractivity contribution in [2.45, 2.75) is 19.3 Å². The van der Waals surface area contributed by atoms with E-state index in [0.717, 1.165) is 25.8 Å². The van der Waals surface area contributed by atoms with Crippen LogP contribution < -0.4 is 4.74 Å². The fraction of sp³-hybridized carbons (Fsp3) is 0.462. The minimum absolute atomic E-state index is 0.0673. The van der Waals surface area contributed by atoms with E-state index >= 15 is 0 Å². The maximum absolute atomic E-state index is 12.1. The fourth-order valence-electron chi connectivity index (χ4n) is 1.89. The van der Waals surface area contributed by atoms with Crippen LogP contribution in [0.4, 0.5) is 0 Å². The lowest BCUT2D eigenvalue weighted by Crippen LogP contribution is -2.39. The molecule has 1 aliphatic rings. The molecule has 0 bridgehead atoms. The molecule has 1 aromatic carbocycles. The molecule has 1 aromatic rings. The maximum atomic E-state index is 12.1. The van der Waals surface area contributed by atoms with Crippen LogP contribution in [0.5, 0.6) is 5.75 Å². The summed E-state index contributed by atoms with van der Waals surface area (Å²) in [4.78, 5) is 13.8. The summed E-state index contributed by atoms with van der Waals surface area (Å²) >= 11 is 5.61. The molecule has 1 amide bonds. The SMILES string of the molecule is O=C1c2ccccc2OCN1CCCCCCl. The van der Waals surface area contributed by atoms with Gasteiger partial charge in [-0.25, -0.2) is 0 Å². The van der Waals surface area contributed by atoms with Gasteiger partial charge in [-0.15, -0.1) is 11.6 Å². The number of fused-ring (bicyclic) bond motifs is 1. The molecule has 3 nitrogen and oxygen atoms in total. The smallest absolute Gasteiger partial charge is 0.260 e. The van der Waals surface area contributed by atoms with Crippen molar-refractivity contribution in [1.82, 2.24) is 4.90 Å². The Morgan fingerprint density at radius 2 is 2.06 bits per heavy atom. The van der Waals surface area contributed by atoms with E-state index in [9.17, 15) is 4.79 Å². The Bertz CT molecular complexity index is 395. The molecule has 0 atom stereocenters. The molecule has 0 unspecified atom stereocenters. The summed E-state index contributed by atoms with van der Waals surface area (Å²) in [5.41, 5.74) is 0.663. The van der Waals surface area contributed by atoms with E-state index in [1.807, 2.05) is 24.3 Å². The molecular formula is C13H16ClNO2. The summed E-state index contributed by atoms with van der Waals surface area (Å²) in [6.07, 6.45) is 3.03. The summed E-state index contributed by atoms with van der Waals surface area (Å²) in [6, 6.07) is 7.37. The van der Waals surface area contributed by atoms with Gasteiger partial charge in [-0.2, -0.15) is 0 Å². The van der Waals surface area contributed by atoms with Gasteiger partial charge in [0.15, 0.2) is 6.73 Å². The highest BCUT2D eigenvalue weighted by Gasteiger charge is 2.24. The standard InChI is InChI=1S/C13H16ClNO2/c14-8-4-1-5-9-15-10-17-12-7-3-2-6-11(12)13(15)16/h2-3,6-7H,1,4-5,8-10H2. The molecule has 0 saturated carbocycles. The van der Waals surface area contributed by atoms with Gasteiger partial charge < -0.3 is 9.64 Å². The molecular weight excluding hydrogens is 238 g/mol. The lowest BCUT2D eigenvalue weighted by atomic mass is 10.1. The van der Waals surface area contributed by atoms with Crippen LogP contribution in [0.15, 0.2) is 24.3 Å². The topological polar surface area (TPSA) is 29.5 Å². The van der Waals surface area contributed by atoms with Gasteiger partial charge in [0.05, 0.1) is 5.56 Å². The molecule has 1 heterocycles. The largest absolute Gasteiger partial charge is 0.472 e. The quantitative estimate of drug-likeness (QED) is 0.597. The van der Waals surface area contributed by atoms with Gasteiger partial charge in [0.1, 0.15) is 5.75 Å². The molecule has 0 aliphatic carbocycles. The number of carbonyl (C=O) groups is 1. The Hall–Kier alpha value is -1.22. The van der Waals surface area contributed by atoms with Crippen LogP contribution in [0.3, 0.4) is 0 Å². The van der Waals surface area contributed by atoms with Crippen LogP contribution in [-0.4, -0.2) is 30.0 Å². The maximum Gasteiger partial charge on any atom is 0.260 e. The van der Waals surface area contributed by atoms with E-state index in [-0.39, 0.29) is 5.91 Å². The predicted octanol–water partition coefficient (Wildman–Crippen LogP) is 2.89. The van der Waals surface area contributed by atoms with Crippen molar-refractivity contribution in [3.8, 4) is 5.75 Å². The van der Waals surface area contributed by atoms with E-state index in [0.29, 0.717) is 23.9 Å². The van der Waals surface area contributed by atoms with Gasteiger partial charge in [-0.3, -0.25) is 4.79 Å². The molecule has 0 spiro atoms. The zero-order valence-electron chi connectivity index (χ0n) is 9.69. The summed E-state index contributed by atoms with van der Waals surface area (Å²) in [6.45, 7) is 1.10. The number of nitrogens with zero attached hydrogens (tertiary/aromatic N) is 1. The van der Waals surface area contributed by atoms with Crippen LogP contribution in [0, 0.1) is 0 Å². The number of benzene rings is 1. The summed E-state index contributed by atoms with van der Waals surface area (Å²) in [7, 11) is 0. The number of carbonyl (C=O) groups excluding carboxylic acids is 1. The van der Waals surface area contributed by atoms with Crippen LogP contribution in [-0.2, 0) is 0 Å². The Morgan fingerprint density at radius 1 is 1.24 bits per heavy atom. The number of rotatable bonds is 5. The Balaban J connectivity index is 1.93. The number of ether oxygens (including phenoxy) is 1. The van der Waals surface area contributed by atoms with Crippen molar-refractivity contribution in [3.05, 3.63) is 29.8 Å². The van der Waals surface area contributed by atoms with Gasteiger partial charge in [0.2, 0.25) is 0 Å². The van der Waals surface area contributed by atoms with Gasteiger partial charge in [-0.05, 0) is 25.0 Å². The van der Waals surface area contributed by atoms with Crippen molar-refractivity contribution in [2.75, 3.05) is 19.2 Å². The number of para-hydroxylation sites is 1. The Kier molecular flexibility index (Phi) is 4.26. The number of amides is 1. The number of halogens is 1. The minimum atomic E-state index is 0.0673. The molecule has 0 aromatic heterocycles. The average Bonchev–Trinajstić information content (AvgIpc) is 2.37. The normalized spacial score (nSPS) is 14.4. The van der Waals surface area contributed by atoms with E-state index in [1.165, 1.54) is 0 Å². The van der Waals surface area contributed by atoms with Gasteiger partial charge in [0, 0.05) is 12.4 Å². The molecule has 1 aliphatic heterocycles. The number of hydrogen-bond donors (Lipinski definition) is 0. The summed E-state index contributed by atoms with van der Waals surface area (Å²) < 4.78 is 5.54. The van der Waals surface area contributed by atoms with Crippen molar-refractivity contribution in [1.29, 1.82) is 0 Å². The van der Waals surface area contributed by atoms with Crippen LogP contribution in [0.1, 0.15) is 29.6 Å². The molecule has 0 fully saturated rings. The van der Waals surface area contributed by atoms with E-state index in [4.69, 9.17) is 16.3 Å². The Labute approximate surface area is 106 Å². The highest BCUT2D eigenvalue weighted by atomic mass is 35.5. The lowest BCUT2D eigenvalue weighted by molar-refractivity contribution is 0.0517. The second kappa shape index (κ2) is 5.92. The molecule has 0 N–H and O–H groups in total. The third-order valence-electron chi connectivity index (χ3n) is 2.84. The molecule has 92 valence electrons. The third kappa shape index (κ3) is 2.91. The lowest BCUT2D eigenvalue weighted by Gasteiger charge is -2.28. The van der Waals surface area contributed by atoms with E-state index in [1.54, 1.807) is 4.90 Å². The highest BCUT2D eigenvalue weighted by molar-refractivity contribution is 6.17. The Morgan fingerprint density at radius 3 is 2.88 bits per heavy atom. The van der Waals surface area contributed by atoms with Crippen molar-refractivity contribution >= 4 is 17.5 Å². The van der Waals surface area contributed by atoms with Crippen LogP contribution in [0.2, 0.25) is 0 Å². The second-order valence-electron chi connectivity index (χ2n) is 4.09. The first kappa shape index (κ1) is 12.2. The molecule has 17 heavy (non-hydrogen) atoms. The second-order valence-corrected chi connectivity index (χ2v) is 4.47. The highest BCUT2D eigenvalue weighted by Crippen LogP contribution is 2.24. The van der Waals surface area contributed by atoms with Crippen LogP contribution >= 0.6 is 11.6 Å². The summed E-state index contributed by atoms with van der Waals surface area (Å²) in [5.74, 6) is 1.44. The predicted molar refractivity (Wildman–Crippen MR) is 67.5 cm³/mol. The van der Waals surface area contributed by atoms with Crippen molar-refractivity contribution in [3.63, 3.8) is 0 Å². The number of alkyl halides is 1. The van der Waals surface area contributed by atoms with Gasteiger partial charge >= 0.3 is 0 Å². The monoisotopic (exact) mass is 253 g/mol. The molecule has 2 rings (SSSR count). The van der Waals surface area contributed by atoms with Gasteiger partial charge in [-0.1, -0.05) is 18.6 Å². The van der Waals surface area contributed by atoms with Crippen LogP contribution in [0.25, 0.3) is 0 Å². The first-order valence-electron chi connectivity index (χ1n) is 5.90. The molecule has 0 radical (unpaired) electrons. The van der Waals surface area contributed by atoms with Crippen molar-refractivity contribution in [2.24, 2.45) is 0 Å². The summed E-state index contributed by atoms with van der Waals surface area (Å²) in [5, 5.41) is 0. The van der Waals surface area contributed by atoms with E-state index in [2.05, 4.69) is 0 Å². The molecule has 4 heteroatoms. The van der Waals surface area contributed by atoms with E-state index < -0.39 is 0 Å². The first-order valence-corrected chi connectivity index (χ1v) is 6.43. The van der Waals surface area contributed by atoms with Gasteiger partial charge in [0.25, 0.3) is 5.91 Å². The fourth-order valence-corrected chi connectivity index (χ4v) is 2.07. The first-order chi connectivity index (χ1) is 8.33. The number of hydrogen-bond acceptors (Lipinski definition) is 2. The average molecular weight is 254 g/mol. The van der Waals surface area contributed by atoms with Crippen molar-refractivity contribution < 1.29 is 9.53 Å².